The third kappa shape index (κ3) is 2.48. The van der Waals surface area contributed by atoms with E-state index in [1.54, 1.807) is 19.1 Å². The van der Waals surface area contributed by atoms with Gasteiger partial charge >= 0.3 is 0 Å². The van der Waals surface area contributed by atoms with Crippen LogP contribution in [0.15, 0.2) is 18.2 Å². The summed E-state index contributed by atoms with van der Waals surface area (Å²) in [5.41, 5.74) is 8.09. The first kappa shape index (κ1) is 12.9. The van der Waals surface area contributed by atoms with Gasteiger partial charge in [0.25, 0.3) is 0 Å². The van der Waals surface area contributed by atoms with Crippen molar-refractivity contribution in [2.75, 3.05) is 17.2 Å². The van der Waals surface area contributed by atoms with Crippen LogP contribution in [0.2, 0.25) is 0 Å². The molecule has 0 unspecified atom stereocenters. The van der Waals surface area contributed by atoms with Gasteiger partial charge in [0.15, 0.2) is 9.84 Å². The number of rotatable bonds is 4. The molecule has 18 heavy (non-hydrogen) atoms. The maximum Gasteiger partial charge on any atom is 0.151 e. The summed E-state index contributed by atoms with van der Waals surface area (Å²) in [7, 11) is -2.96. The molecule has 0 spiro atoms. The van der Waals surface area contributed by atoms with Gasteiger partial charge in [-0.05, 0) is 25.1 Å². The van der Waals surface area contributed by atoms with Gasteiger partial charge in [-0.1, -0.05) is 6.92 Å². The fourth-order valence-electron chi connectivity index (χ4n) is 1.92. The Morgan fingerprint density at radius 2 is 2.11 bits per heavy atom. The summed E-state index contributed by atoms with van der Waals surface area (Å²) in [5, 5.41) is 0. The van der Waals surface area contributed by atoms with Gasteiger partial charge in [-0.3, -0.25) is 0 Å². The largest absolute Gasteiger partial charge is 0.399 e. The molecule has 1 aromatic heterocycles. The first-order chi connectivity index (χ1) is 8.43. The Balaban J connectivity index is 2.36. The van der Waals surface area contributed by atoms with Crippen molar-refractivity contribution in [3.05, 3.63) is 24.0 Å². The number of benzene rings is 1. The Bertz CT molecular complexity index is 674. The van der Waals surface area contributed by atoms with E-state index in [9.17, 15) is 8.42 Å². The molecule has 6 heteroatoms. The zero-order valence-corrected chi connectivity index (χ0v) is 11.4. The van der Waals surface area contributed by atoms with Gasteiger partial charge in [-0.15, -0.1) is 0 Å². The van der Waals surface area contributed by atoms with Crippen molar-refractivity contribution in [1.82, 2.24) is 9.55 Å². The number of fused-ring (bicyclic) bond motifs is 1. The average molecular weight is 267 g/mol. The molecule has 0 radical (unpaired) electrons. The topological polar surface area (TPSA) is 78.0 Å². The van der Waals surface area contributed by atoms with Crippen molar-refractivity contribution >= 4 is 26.6 Å². The van der Waals surface area contributed by atoms with E-state index < -0.39 is 9.84 Å². The summed E-state index contributed by atoms with van der Waals surface area (Å²) in [6, 6.07) is 5.48. The summed E-state index contributed by atoms with van der Waals surface area (Å²) in [5.74, 6) is 1.12. The fraction of sp³-hybridized carbons (Fsp3) is 0.417. The van der Waals surface area contributed by atoms with Crippen molar-refractivity contribution in [2.24, 2.45) is 0 Å². The smallest absolute Gasteiger partial charge is 0.151 e. The minimum absolute atomic E-state index is 0.139. The first-order valence-corrected chi connectivity index (χ1v) is 7.68. The molecule has 0 bridgehead atoms. The number of hydrogen-bond donors (Lipinski definition) is 1. The number of nitrogens with two attached hydrogens (primary N) is 1. The molecule has 0 aliphatic rings. The summed E-state index contributed by atoms with van der Waals surface area (Å²) in [4.78, 5) is 4.39. The summed E-state index contributed by atoms with van der Waals surface area (Å²) < 4.78 is 25.0. The van der Waals surface area contributed by atoms with Crippen LogP contribution in [0.4, 0.5) is 5.69 Å². The number of anilines is 1. The van der Waals surface area contributed by atoms with Gasteiger partial charge in [0.1, 0.15) is 5.82 Å². The minimum Gasteiger partial charge on any atom is -0.399 e. The highest BCUT2D eigenvalue weighted by Crippen LogP contribution is 2.18. The van der Waals surface area contributed by atoms with Crippen LogP contribution in [0.25, 0.3) is 11.0 Å². The lowest BCUT2D eigenvalue weighted by atomic mass is 10.3. The maximum absolute atomic E-state index is 11.5. The van der Waals surface area contributed by atoms with Gasteiger partial charge < -0.3 is 10.3 Å². The van der Waals surface area contributed by atoms with Crippen LogP contribution in [0.1, 0.15) is 12.7 Å². The second kappa shape index (κ2) is 4.61. The standard InChI is InChI=1S/C12H17N3O2S/c1-3-18(16,17)7-6-15-9(2)14-11-8-10(13)4-5-12(11)15/h4-5,8H,3,6-7,13H2,1-2H3. The van der Waals surface area contributed by atoms with Crippen LogP contribution in [-0.4, -0.2) is 29.5 Å². The Morgan fingerprint density at radius 1 is 1.39 bits per heavy atom. The molecule has 0 amide bonds. The second-order valence-corrected chi connectivity index (χ2v) is 6.77. The molecule has 0 saturated heterocycles. The lowest BCUT2D eigenvalue weighted by molar-refractivity contribution is 0.590. The van der Waals surface area contributed by atoms with Gasteiger partial charge in [-0.2, -0.15) is 0 Å². The molecule has 98 valence electrons. The number of nitrogens with zero attached hydrogens (tertiary/aromatic N) is 2. The molecule has 1 heterocycles. The molecule has 0 atom stereocenters. The van der Waals surface area contributed by atoms with Gasteiger partial charge in [0.05, 0.1) is 16.8 Å². The summed E-state index contributed by atoms with van der Waals surface area (Å²) in [6.07, 6.45) is 0. The van der Waals surface area contributed by atoms with Crippen molar-refractivity contribution in [1.29, 1.82) is 0 Å². The van der Waals surface area contributed by atoms with Gasteiger partial charge in [0.2, 0.25) is 0 Å². The zero-order valence-electron chi connectivity index (χ0n) is 10.5. The molecular formula is C12H17N3O2S. The molecular weight excluding hydrogens is 250 g/mol. The molecule has 1 aromatic carbocycles. The Morgan fingerprint density at radius 3 is 2.78 bits per heavy atom. The van der Waals surface area contributed by atoms with Crippen LogP contribution < -0.4 is 5.73 Å². The van der Waals surface area contributed by atoms with Gasteiger partial charge in [0, 0.05) is 18.0 Å². The van der Waals surface area contributed by atoms with Crippen LogP contribution in [-0.2, 0) is 16.4 Å². The van der Waals surface area contributed by atoms with E-state index in [-0.39, 0.29) is 11.5 Å². The monoisotopic (exact) mass is 267 g/mol. The molecule has 0 aliphatic carbocycles. The molecule has 0 fully saturated rings. The Labute approximate surface area is 107 Å². The summed E-state index contributed by atoms with van der Waals surface area (Å²) >= 11 is 0. The first-order valence-electron chi connectivity index (χ1n) is 5.86. The van der Waals surface area contributed by atoms with Crippen LogP contribution in [0.5, 0.6) is 0 Å². The Hall–Kier alpha value is -1.56. The lowest BCUT2D eigenvalue weighted by Gasteiger charge is -2.06. The molecule has 2 aromatic rings. The van der Waals surface area contributed by atoms with E-state index in [1.165, 1.54) is 0 Å². The normalized spacial score (nSPS) is 12.1. The SMILES string of the molecule is CCS(=O)(=O)CCn1c(C)nc2cc(N)ccc21. The van der Waals surface area contributed by atoms with Crippen LogP contribution in [0.3, 0.4) is 0 Å². The highest BCUT2D eigenvalue weighted by Gasteiger charge is 2.12. The number of aromatic nitrogens is 2. The number of sulfone groups is 1. The van der Waals surface area contributed by atoms with Crippen molar-refractivity contribution in [2.45, 2.75) is 20.4 Å². The molecule has 2 rings (SSSR count). The number of imidazole rings is 1. The van der Waals surface area contributed by atoms with Gasteiger partial charge in [-0.25, -0.2) is 13.4 Å². The fourth-order valence-corrected chi connectivity index (χ4v) is 2.67. The van der Waals surface area contributed by atoms with E-state index >= 15 is 0 Å². The zero-order chi connectivity index (χ0) is 13.3. The number of aryl methyl sites for hydroxylation is 2. The van der Waals surface area contributed by atoms with E-state index in [1.807, 2.05) is 17.6 Å². The second-order valence-electron chi connectivity index (χ2n) is 4.30. The Kier molecular flexibility index (Phi) is 3.30. The minimum atomic E-state index is -2.96. The highest BCUT2D eigenvalue weighted by atomic mass is 32.2. The van der Waals surface area contributed by atoms with E-state index in [0.717, 1.165) is 16.9 Å². The number of nitrogen functional groups attached to an aromatic ring is 1. The molecule has 0 saturated carbocycles. The predicted molar refractivity (Wildman–Crippen MR) is 73.2 cm³/mol. The maximum atomic E-state index is 11.5. The van der Waals surface area contributed by atoms with E-state index in [2.05, 4.69) is 4.98 Å². The quantitative estimate of drug-likeness (QED) is 0.848. The highest BCUT2D eigenvalue weighted by molar-refractivity contribution is 7.91. The van der Waals surface area contributed by atoms with Crippen LogP contribution in [0, 0.1) is 6.92 Å². The lowest BCUT2D eigenvalue weighted by Crippen LogP contribution is -2.15. The predicted octanol–water partition coefficient (Wildman–Crippen LogP) is 1.36. The average Bonchev–Trinajstić information content (AvgIpc) is 2.61. The van der Waals surface area contributed by atoms with Crippen molar-refractivity contribution in [3.63, 3.8) is 0 Å². The molecule has 5 nitrogen and oxygen atoms in total. The van der Waals surface area contributed by atoms with Crippen molar-refractivity contribution in [3.8, 4) is 0 Å². The third-order valence-corrected chi connectivity index (χ3v) is 4.71. The van der Waals surface area contributed by atoms with Crippen molar-refractivity contribution < 1.29 is 8.42 Å². The summed E-state index contributed by atoms with van der Waals surface area (Å²) in [6.45, 7) is 3.96. The molecule has 0 aliphatic heterocycles. The van der Waals surface area contributed by atoms with Crippen LogP contribution >= 0.6 is 0 Å². The van der Waals surface area contributed by atoms with E-state index in [4.69, 9.17) is 5.73 Å². The number of hydrogen-bond acceptors (Lipinski definition) is 4. The third-order valence-electron chi connectivity index (χ3n) is 3.03. The molecule has 2 N–H and O–H groups in total. The van der Waals surface area contributed by atoms with E-state index in [0.29, 0.717) is 12.2 Å².